The van der Waals surface area contributed by atoms with Crippen LogP contribution in [-0.4, -0.2) is 46.5 Å². The number of aliphatic carboxylic acids is 3. The van der Waals surface area contributed by atoms with Crippen molar-refractivity contribution in [3.63, 3.8) is 0 Å². The maximum atomic E-state index is 10.8. The van der Waals surface area contributed by atoms with Crippen molar-refractivity contribution in [1.82, 2.24) is 0 Å². The predicted octanol–water partition coefficient (Wildman–Crippen LogP) is -1.23. The highest BCUT2D eigenvalue weighted by Crippen LogP contribution is 2.22. The molecule has 0 radical (unpaired) electrons. The molecule has 0 aromatic carbocycles. The zero-order valence-corrected chi connectivity index (χ0v) is 9.34. The Morgan fingerprint density at radius 1 is 1.00 bits per heavy atom. The highest BCUT2D eigenvalue weighted by molar-refractivity contribution is 7.73. The number of carbonyl (C=O) groups is 3. The molecular weight excluding hydrogens is 268 g/mol. The molecule has 0 fully saturated rings. The molecule has 1 aliphatic carbocycles. The van der Waals surface area contributed by atoms with Crippen LogP contribution in [-0.2, 0) is 24.7 Å². The monoisotopic (exact) mass is 274 g/mol. The van der Waals surface area contributed by atoms with Crippen LogP contribution in [0.3, 0.4) is 0 Å². The minimum Gasteiger partial charge on any atom is -0.481 e. The van der Waals surface area contributed by atoms with E-state index < -0.39 is 50.1 Å². The summed E-state index contributed by atoms with van der Waals surface area (Å²) in [6, 6.07) is 0. The first-order chi connectivity index (χ1) is 8.25. The SMILES string of the molecule is O=C(O)C1=CC(=S(=O)=O)C(C(=O)O)C=C1C(=O)O. The molecule has 3 N–H and O–H groups in total. The standard InChI is InChI=1S/C9H6O8S/c10-7(11)3-1-5(9(14)15)6(18(16)17)2-4(3)8(12)13/h1-2,5H,(H,10,11)(H,12,13)(H,14,15). The molecule has 1 rings (SSSR count). The minimum absolute atomic E-state index is 0.535. The molecule has 0 bridgehead atoms. The van der Waals surface area contributed by atoms with Crippen LogP contribution in [0, 0.1) is 5.92 Å². The summed E-state index contributed by atoms with van der Waals surface area (Å²) in [5.41, 5.74) is -1.54. The number of hydrogen-bond donors (Lipinski definition) is 3. The molecule has 1 unspecified atom stereocenters. The predicted molar refractivity (Wildman–Crippen MR) is 56.5 cm³/mol. The summed E-state index contributed by atoms with van der Waals surface area (Å²) < 4.78 is 21.6. The Balaban J connectivity index is 3.57. The summed E-state index contributed by atoms with van der Waals surface area (Å²) in [4.78, 5) is 31.7. The van der Waals surface area contributed by atoms with Crippen LogP contribution in [0.15, 0.2) is 23.3 Å². The van der Waals surface area contributed by atoms with Crippen molar-refractivity contribution < 1.29 is 38.1 Å². The van der Waals surface area contributed by atoms with E-state index in [-0.39, 0.29) is 0 Å². The summed E-state index contributed by atoms with van der Waals surface area (Å²) >= 11 is 0. The highest BCUT2D eigenvalue weighted by Gasteiger charge is 2.32. The van der Waals surface area contributed by atoms with Crippen molar-refractivity contribution in [3.05, 3.63) is 23.3 Å². The maximum Gasteiger partial charge on any atom is 0.336 e. The molecule has 0 amide bonds. The van der Waals surface area contributed by atoms with Gasteiger partial charge in [0.1, 0.15) is 5.92 Å². The van der Waals surface area contributed by atoms with Gasteiger partial charge in [-0.3, -0.25) is 4.79 Å². The third-order valence-corrected chi connectivity index (χ3v) is 2.89. The molecule has 0 aliphatic heterocycles. The van der Waals surface area contributed by atoms with E-state index in [4.69, 9.17) is 15.3 Å². The van der Waals surface area contributed by atoms with Crippen molar-refractivity contribution in [3.8, 4) is 0 Å². The lowest BCUT2D eigenvalue weighted by molar-refractivity contribution is -0.138. The molecule has 0 saturated heterocycles. The maximum absolute atomic E-state index is 10.8. The molecular formula is C9H6O8S. The summed E-state index contributed by atoms with van der Waals surface area (Å²) in [7, 11) is -2.96. The molecule has 0 spiro atoms. The first kappa shape index (κ1) is 13.6. The lowest BCUT2D eigenvalue weighted by atomic mass is 9.90. The second kappa shape index (κ2) is 4.84. The van der Waals surface area contributed by atoms with Crippen molar-refractivity contribution in [2.45, 2.75) is 0 Å². The van der Waals surface area contributed by atoms with Gasteiger partial charge >= 0.3 is 17.9 Å². The summed E-state index contributed by atoms with van der Waals surface area (Å²) in [5, 5.41) is 26.3. The quantitative estimate of drug-likeness (QED) is 0.542. The van der Waals surface area contributed by atoms with E-state index in [9.17, 15) is 22.8 Å². The topological polar surface area (TPSA) is 146 Å². The molecule has 0 saturated carbocycles. The summed E-state index contributed by atoms with van der Waals surface area (Å²) in [6.45, 7) is 0. The fraction of sp³-hybridized carbons (Fsp3) is 0.111. The van der Waals surface area contributed by atoms with Crippen molar-refractivity contribution >= 4 is 33.1 Å². The third kappa shape index (κ3) is 2.46. The van der Waals surface area contributed by atoms with Crippen LogP contribution < -0.4 is 0 Å². The Morgan fingerprint density at radius 3 is 1.83 bits per heavy atom. The van der Waals surface area contributed by atoms with Gasteiger partial charge in [0.05, 0.1) is 16.0 Å². The average molecular weight is 274 g/mol. The number of carboxylic acids is 3. The lowest BCUT2D eigenvalue weighted by Gasteiger charge is -2.14. The zero-order chi connectivity index (χ0) is 14.0. The van der Waals surface area contributed by atoms with E-state index in [1.54, 1.807) is 0 Å². The van der Waals surface area contributed by atoms with Gasteiger partial charge in [-0.25, -0.2) is 9.59 Å². The second-order valence-corrected chi connectivity index (χ2v) is 4.14. The zero-order valence-electron chi connectivity index (χ0n) is 8.52. The van der Waals surface area contributed by atoms with E-state index >= 15 is 0 Å². The Labute approximate surface area is 101 Å². The van der Waals surface area contributed by atoms with Crippen molar-refractivity contribution in [2.24, 2.45) is 5.92 Å². The van der Waals surface area contributed by atoms with Gasteiger partial charge in [0.15, 0.2) is 0 Å². The number of carboxylic acid groups (broad SMARTS) is 3. The van der Waals surface area contributed by atoms with Gasteiger partial charge < -0.3 is 15.3 Å². The average Bonchev–Trinajstić information content (AvgIpc) is 2.26. The lowest BCUT2D eigenvalue weighted by Crippen LogP contribution is -2.28. The van der Waals surface area contributed by atoms with Gasteiger partial charge in [0.25, 0.3) is 0 Å². The minimum atomic E-state index is -2.96. The van der Waals surface area contributed by atoms with E-state index in [0.29, 0.717) is 12.2 Å². The van der Waals surface area contributed by atoms with Gasteiger partial charge in [0, 0.05) is 0 Å². The van der Waals surface area contributed by atoms with Crippen molar-refractivity contribution in [2.75, 3.05) is 0 Å². The van der Waals surface area contributed by atoms with E-state index in [2.05, 4.69) is 0 Å². The molecule has 1 aliphatic rings. The van der Waals surface area contributed by atoms with Crippen LogP contribution in [0.4, 0.5) is 0 Å². The highest BCUT2D eigenvalue weighted by atomic mass is 32.2. The molecule has 96 valence electrons. The van der Waals surface area contributed by atoms with Gasteiger partial charge in [-0.1, -0.05) is 0 Å². The van der Waals surface area contributed by atoms with Gasteiger partial charge in [-0.15, -0.1) is 0 Å². The smallest absolute Gasteiger partial charge is 0.336 e. The fourth-order valence-corrected chi connectivity index (χ4v) is 1.95. The summed E-state index contributed by atoms with van der Waals surface area (Å²) in [6.07, 6.45) is 1.12. The Bertz CT molecular complexity index is 625. The Kier molecular flexibility index (Phi) is 3.67. The Hall–Kier alpha value is -2.42. The van der Waals surface area contributed by atoms with Crippen LogP contribution in [0.1, 0.15) is 0 Å². The van der Waals surface area contributed by atoms with Crippen molar-refractivity contribution in [1.29, 1.82) is 0 Å². The Morgan fingerprint density at radius 2 is 1.50 bits per heavy atom. The van der Waals surface area contributed by atoms with Crippen LogP contribution in [0.25, 0.3) is 0 Å². The van der Waals surface area contributed by atoms with Crippen LogP contribution in [0.5, 0.6) is 0 Å². The van der Waals surface area contributed by atoms with Crippen LogP contribution in [0.2, 0.25) is 0 Å². The fourth-order valence-electron chi connectivity index (χ4n) is 1.36. The molecule has 18 heavy (non-hydrogen) atoms. The molecule has 9 heteroatoms. The normalized spacial score (nSPS) is 18.7. The first-order valence-corrected chi connectivity index (χ1v) is 5.42. The molecule has 0 heterocycles. The molecule has 1 atom stereocenters. The van der Waals surface area contributed by atoms with Gasteiger partial charge in [-0.05, 0) is 12.2 Å². The van der Waals surface area contributed by atoms with Gasteiger partial charge in [0.2, 0.25) is 10.3 Å². The number of allylic oxidation sites excluding steroid dienone is 1. The first-order valence-electron chi connectivity index (χ1n) is 4.35. The molecule has 0 aromatic heterocycles. The number of rotatable bonds is 3. The van der Waals surface area contributed by atoms with E-state index in [1.807, 2.05) is 0 Å². The third-order valence-electron chi connectivity index (χ3n) is 2.14. The number of hydrogen-bond acceptors (Lipinski definition) is 5. The van der Waals surface area contributed by atoms with E-state index in [0.717, 1.165) is 0 Å². The molecule has 0 aromatic rings. The van der Waals surface area contributed by atoms with Gasteiger partial charge in [-0.2, -0.15) is 8.42 Å². The summed E-state index contributed by atoms with van der Waals surface area (Å²) in [5.74, 6) is -6.60. The molecule has 8 nitrogen and oxygen atoms in total. The second-order valence-electron chi connectivity index (χ2n) is 3.20. The van der Waals surface area contributed by atoms with E-state index in [1.165, 1.54) is 0 Å². The van der Waals surface area contributed by atoms with Crippen LogP contribution >= 0.6 is 0 Å². The largest absolute Gasteiger partial charge is 0.481 e.